The number of thioether (sulfide) groups is 1. The van der Waals surface area contributed by atoms with Crippen molar-refractivity contribution in [2.75, 3.05) is 11.9 Å². The molecule has 0 aliphatic carbocycles. The van der Waals surface area contributed by atoms with Crippen LogP contribution in [0.2, 0.25) is 0 Å². The van der Waals surface area contributed by atoms with Gasteiger partial charge in [-0.05, 0) is 47.0 Å². The first-order valence-electron chi connectivity index (χ1n) is 8.80. The van der Waals surface area contributed by atoms with Gasteiger partial charge in [0.05, 0.1) is 4.91 Å². The zero-order valence-corrected chi connectivity index (χ0v) is 15.9. The Morgan fingerprint density at radius 1 is 1.03 bits per heavy atom. The van der Waals surface area contributed by atoms with Crippen molar-refractivity contribution in [2.45, 2.75) is 0 Å². The second-order valence-electron chi connectivity index (χ2n) is 6.40. The largest absolute Gasteiger partial charge is 0.324 e. The van der Waals surface area contributed by atoms with Crippen LogP contribution in [0.5, 0.6) is 0 Å². The maximum absolute atomic E-state index is 13.3. The summed E-state index contributed by atoms with van der Waals surface area (Å²) in [5.41, 5.74) is 1.08. The first kappa shape index (κ1) is 18.9. The van der Waals surface area contributed by atoms with E-state index in [4.69, 9.17) is 0 Å². The monoisotopic (exact) mass is 406 g/mol. The van der Waals surface area contributed by atoms with Crippen molar-refractivity contribution in [3.63, 3.8) is 0 Å². The maximum Gasteiger partial charge on any atom is 0.294 e. The van der Waals surface area contributed by atoms with Crippen LogP contribution in [-0.4, -0.2) is 28.5 Å². The summed E-state index contributed by atoms with van der Waals surface area (Å²) >= 11 is 0.729. The molecule has 4 rings (SSSR count). The van der Waals surface area contributed by atoms with E-state index < -0.39 is 29.4 Å². The smallest absolute Gasteiger partial charge is 0.294 e. The molecular formula is C22H15FN2O3S. The molecule has 3 aromatic carbocycles. The van der Waals surface area contributed by atoms with Gasteiger partial charge in [-0.15, -0.1) is 0 Å². The summed E-state index contributed by atoms with van der Waals surface area (Å²) in [6.07, 6.45) is 1.44. The molecule has 1 fully saturated rings. The number of nitrogens with zero attached hydrogens (tertiary/aromatic N) is 1. The van der Waals surface area contributed by atoms with Crippen molar-refractivity contribution in [1.82, 2.24) is 4.90 Å². The standard InChI is InChI=1S/C22H15FN2O3S/c23-16-8-3-5-14(11-16)12-19-21(27)25(22(28)29-19)13-20(26)24-18-10-4-7-15-6-1-2-9-17(15)18/h1-12H,13H2,(H,24,26)/b19-12+. The minimum absolute atomic E-state index is 0.151. The van der Waals surface area contributed by atoms with Gasteiger partial charge in [-0.1, -0.05) is 48.5 Å². The molecule has 5 nitrogen and oxygen atoms in total. The average molecular weight is 406 g/mol. The molecule has 0 spiro atoms. The Hall–Kier alpha value is -3.45. The fraction of sp³-hybridized carbons (Fsp3) is 0.0455. The van der Waals surface area contributed by atoms with E-state index in [-0.39, 0.29) is 4.91 Å². The molecule has 0 radical (unpaired) electrons. The van der Waals surface area contributed by atoms with Gasteiger partial charge in [-0.3, -0.25) is 19.3 Å². The van der Waals surface area contributed by atoms with Gasteiger partial charge in [-0.25, -0.2) is 4.39 Å². The van der Waals surface area contributed by atoms with Crippen molar-refractivity contribution in [1.29, 1.82) is 0 Å². The normalized spacial score (nSPS) is 15.3. The molecule has 144 valence electrons. The molecule has 1 aliphatic rings. The summed E-state index contributed by atoms with van der Waals surface area (Å²) in [5, 5.41) is 4.06. The molecular weight excluding hydrogens is 391 g/mol. The lowest BCUT2D eigenvalue weighted by Crippen LogP contribution is -2.36. The van der Waals surface area contributed by atoms with Crippen molar-refractivity contribution < 1.29 is 18.8 Å². The van der Waals surface area contributed by atoms with Crippen LogP contribution in [0.3, 0.4) is 0 Å². The van der Waals surface area contributed by atoms with E-state index in [1.54, 1.807) is 12.1 Å². The molecule has 7 heteroatoms. The van der Waals surface area contributed by atoms with E-state index in [1.165, 1.54) is 24.3 Å². The second-order valence-corrected chi connectivity index (χ2v) is 7.39. The first-order chi connectivity index (χ1) is 14.0. The van der Waals surface area contributed by atoms with Gasteiger partial charge in [-0.2, -0.15) is 0 Å². The SMILES string of the molecule is O=C(CN1C(=O)S/C(=C/c2cccc(F)c2)C1=O)Nc1cccc2ccccc12. The number of imide groups is 1. The third-order valence-corrected chi connectivity index (χ3v) is 5.29. The molecule has 1 saturated heterocycles. The van der Waals surface area contributed by atoms with Gasteiger partial charge in [0.1, 0.15) is 12.4 Å². The van der Waals surface area contributed by atoms with Crippen LogP contribution >= 0.6 is 11.8 Å². The van der Waals surface area contributed by atoms with Crippen molar-refractivity contribution in [3.8, 4) is 0 Å². The molecule has 1 heterocycles. The highest BCUT2D eigenvalue weighted by Gasteiger charge is 2.36. The number of halogens is 1. The number of carbonyl (C=O) groups is 3. The predicted molar refractivity (Wildman–Crippen MR) is 112 cm³/mol. The first-order valence-corrected chi connectivity index (χ1v) is 9.61. The van der Waals surface area contributed by atoms with Gasteiger partial charge in [0.25, 0.3) is 11.1 Å². The lowest BCUT2D eigenvalue weighted by molar-refractivity contribution is -0.127. The summed E-state index contributed by atoms with van der Waals surface area (Å²) in [7, 11) is 0. The zero-order chi connectivity index (χ0) is 20.4. The predicted octanol–water partition coefficient (Wildman–Crippen LogP) is 4.65. The molecule has 1 N–H and O–H groups in total. The molecule has 0 aromatic heterocycles. The summed E-state index contributed by atoms with van der Waals surface area (Å²) < 4.78 is 13.3. The van der Waals surface area contributed by atoms with Gasteiger partial charge < -0.3 is 5.32 Å². The van der Waals surface area contributed by atoms with Crippen molar-refractivity contribution in [2.24, 2.45) is 0 Å². The number of hydrogen-bond acceptors (Lipinski definition) is 4. The zero-order valence-electron chi connectivity index (χ0n) is 15.1. The number of amides is 3. The number of hydrogen-bond donors (Lipinski definition) is 1. The average Bonchev–Trinajstić information content (AvgIpc) is 2.96. The van der Waals surface area contributed by atoms with Gasteiger partial charge >= 0.3 is 0 Å². The third-order valence-electron chi connectivity index (χ3n) is 4.39. The highest BCUT2D eigenvalue weighted by atomic mass is 32.2. The van der Waals surface area contributed by atoms with Crippen molar-refractivity contribution in [3.05, 3.63) is 83.0 Å². The Kier molecular flexibility index (Phi) is 5.14. The summed E-state index contributed by atoms with van der Waals surface area (Å²) in [6.45, 7) is -0.394. The Morgan fingerprint density at radius 2 is 1.79 bits per heavy atom. The molecule has 0 atom stereocenters. The van der Waals surface area contributed by atoms with Crippen LogP contribution in [0.4, 0.5) is 14.9 Å². The van der Waals surface area contributed by atoms with Gasteiger partial charge in [0.15, 0.2) is 0 Å². The topological polar surface area (TPSA) is 66.5 Å². The van der Waals surface area contributed by atoms with Crippen LogP contribution < -0.4 is 5.32 Å². The number of anilines is 1. The quantitative estimate of drug-likeness (QED) is 0.641. The molecule has 1 aliphatic heterocycles. The minimum atomic E-state index is -0.572. The molecule has 0 saturated carbocycles. The lowest BCUT2D eigenvalue weighted by Gasteiger charge is -2.13. The highest BCUT2D eigenvalue weighted by molar-refractivity contribution is 8.18. The lowest BCUT2D eigenvalue weighted by atomic mass is 10.1. The number of rotatable bonds is 4. The second kappa shape index (κ2) is 7.89. The number of nitrogens with one attached hydrogen (secondary N) is 1. The van der Waals surface area contributed by atoms with Crippen LogP contribution in [0, 0.1) is 5.82 Å². The van der Waals surface area contributed by atoms with E-state index in [2.05, 4.69) is 5.32 Å². The number of carbonyl (C=O) groups excluding carboxylic acids is 3. The molecule has 0 unspecified atom stereocenters. The van der Waals surface area contributed by atoms with E-state index >= 15 is 0 Å². The Morgan fingerprint density at radius 3 is 2.62 bits per heavy atom. The number of fused-ring (bicyclic) bond motifs is 1. The summed E-state index contributed by atoms with van der Waals surface area (Å²) in [5.74, 6) is -1.49. The van der Waals surface area contributed by atoms with Gasteiger partial charge in [0.2, 0.25) is 5.91 Å². The van der Waals surface area contributed by atoms with E-state index in [0.717, 1.165) is 27.4 Å². The van der Waals surface area contributed by atoms with Crippen molar-refractivity contribution >= 4 is 51.4 Å². The molecule has 3 aromatic rings. The fourth-order valence-corrected chi connectivity index (χ4v) is 3.89. The Balaban J connectivity index is 1.49. The van der Waals surface area contributed by atoms with Crippen LogP contribution in [0.15, 0.2) is 71.6 Å². The number of benzene rings is 3. The van der Waals surface area contributed by atoms with Crippen LogP contribution in [0.25, 0.3) is 16.8 Å². The summed E-state index contributed by atoms with van der Waals surface area (Å²) in [4.78, 5) is 38.3. The molecule has 0 bridgehead atoms. The third kappa shape index (κ3) is 4.05. The Bertz CT molecular complexity index is 1170. The highest BCUT2D eigenvalue weighted by Crippen LogP contribution is 2.32. The fourth-order valence-electron chi connectivity index (χ4n) is 3.05. The maximum atomic E-state index is 13.3. The Labute approximate surface area is 170 Å². The molecule has 3 amide bonds. The van der Waals surface area contributed by atoms with Crippen LogP contribution in [0.1, 0.15) is 5.56 Å². The van der Waals surface area contributed by atoms with E-state index in [1.807, 2.05) is 36.4 Å². The van der Waals surface area contributed by atoms with E-state index in [0.29, 0.717) is 11.3 Å². The minimum Gasteiger partial charge on any atom is -0.324 e. The molecule has 29 heavy (non-hydrogen) atoms. The van der Waals surface area contributed by atoms with Crippen LogP contribution in [-0.2, 0) is 9.59 Å². The van der Waals surface area contributed by atoms with Gasteiger partial charge in [0, 0.05) is 11.1 Å². The van der Waals surface area contributed by atoms with E-state index in [9.17, 15) is 18.8 Å². The summed E-state index contributed by atoms with van der Waals surface area (Å²) in [6, 6.07) is 18.8.